The molecular weight excluding hydrogens is 168 g/mol. The van der Waals surface area contributed by atoms with Gasteiger partial charge in [0, 0.05) is 6.07 Å². The smallest absolute Gasteiger partial charge is 0.202 e. The van der Waals surface area contributed by atoms with Crippen LogP contribution in [0.15, 0.2) is 15.6 Å². The van der Waals surface area contributed by atoms with Gasteiger partial charge in [-0.1, -0.05) is 5.16 Å². The second-order valence-corrected chi connectivity index (χ2v) is 3.19. The highest BCUT2D eigenvalue weighted by Crippen LogP contribution is 2.24. The van der Waals surface area contributed by atoms with E-state index in [4.69, 9.17) is 10.4 Å². The molecule has 1 aliphatic carbocycles. The van der Waals surface area contributed by atoms with E-state index in [2.05, 4.69) is 15.6 Å². The molecule has 0 unspecified atom stereocenters. The number of hydrogen-bond acceptors (Lipinski definition) is 4. The van der Waals surface area contributed by atoms with E-state index in [0.29, 0.717) is 17.6 Å². The molecule has 1 aromatic heterocycles. The van der Waals surface area contributed by atoms with Crippen LogP contribution in [0.3, 0.4) is 0 Å². The zero-order valence-corrected chi connectivity index (χ0v) is 7.45. The summed E-state index contributed by atoms with van der Waals surface area (Å²) >= 11 is 0. The second kappa shape index (κ2) is 3.18. The summed E-state index contributed by atoms with van der Waals surface area (Å²) in [6, 6.07) is 2.22. The molecule has 2 rings (SSSR count). The lowest BCUT2D eigenvalue weighted by Gasteiger charge is -1.98. The van der Waals surface area contributed by atoms with E-state index < -0.39 is 0 Å². The number of amidine groups is 1. The van der Waals surface area contributed by atoms with Crippen LogP contribution in [0.1, 0.15) is 24.3 Å². The quantitative estimate of drug-likeness (QED) is 0.298. The molecule has 1 heterocycles. The number of aliphatic imine (C=N–C) groups is 1. The van der Waals surface area contributed by atoms with Gasteiger partial charge >= 0.3 is 0 Å². The van der Waals surface area contributed by atoms with Gasteiger partial charge in [0.15, 0.2) is 5.84 Å². The van der Waals surface area contributed by atoms with Gasteiger partial charge in [0.2, 0.25) is 5.76 Å². The number of nitrogens with zero attached hydrogens (tertiary/aromatic N) is 2. The van der Waals surface area contributed by atoms with Gasteiger partial charge in [-0.3, -0.25) is 4.99 Å². The number of hydrazine groups is 1. The molecule has 70 valence electrons. The lowest BCUT2D eigenvalue weighted by molar-refractivity contribution is 0.406. The fourth-order valence-corrected chi connectivity index (χ4v) is 1.03. The molecule has 13 heavy (non-hydrogen) atoms. The zero-order chi connectivity index (χ0) is 9.26. The highest BCUT2D eigenvalue weighted by atomic mass is 16.5. The Balaban J connectivity index is 2.20. The first kappa shape index (κ1) is 8.25. The molecular formula is C8H12N4O. The molecule has 0 aromatic carbocycles. The van der Waals surface area contributed by atoms with Gasteiger partial charge in [-0.05, 0) is 19.8 Å². The Labute approximate surface area is 76.0 Å². The van der Waals surface area contributed by atoms with E-state index >= 15 is 0 Å². The largest absolute Gasteiger partial charge is 0.353 e. The molecule has 0 spiro atoms. The van der Waals surface area contributed by atoms with Crippen LogP contribution in [0, 0.1) is 6.92 Å². The normalized spacial score (nSPS) is 17.5. The van der Waals surface area contributed by atoms with Crippen LogP contribution in [0.5, 0.6) is 0 Å². The Morgan fingerprint density at radius 2 is 2.54 bits per heavy atom. The van der Waals surface area contributed by atoms with E-state index in [0.717, 1.165) is 18.5 Å². The lowest BCUT2D eigenvalue weighted by Crippen LogP contribution is -2.31. The van der Waals surface area contributed by atoms with Crippen molar-refractivity contribution in [3.63, 3.8) is 0 Å². The maximum atomic E-state index is 5.32. The molecule has 1 aromatic rings. The fourth-order valence-electron chi connectivity index (χ4n) is 1.03. The summed E-state index contributed by atoms with van der Waals surface area (Å²) in [5.74, 6) is 6.51. The van der Waals surface area contributed by atoms with Crippen LogP contribution in [-0.4, -0.2) is 17.0 Å². The van der Waals surface area contributed by atoms with E-state index in [9.17, 15) is 0 Å². The molecule has 3 N–H and O–H groups in total. The Morgan fingerprint density at radius 1 is 1.77 bits per heavy atom. The standard InChI is InChI=1S/C8H12N4O/c1-5-4-7(13-12-5)8(11-9)10-6-2-3-6/h4,6H,2-3,9H2,1H3,(H,10,11). The molecule has 0 aliphatic heterocycles. The summed E-state index contributed by atoms with van der Waals surface area (Å²) in [6.07, 6.45) is 2.27. The molecule has 1 aliphatic rings. The molecule has 5 nitrogen and oxygen atoms in total. The first-order chi connectivity index (χ1) is 6.29. The molecule has 0 amide bonds. The van der Waals surface area contributed by atoms with Crippen molar-refractivity contribution in [2.45, 2.75) is 25.8 Å². The molecule has 1 saturated carbocycles. The van der Waals surface area contributed by atoms with Crippen molar-refractivity contribution in [3.8, 4) is 0 Å². The zero-order valence-electron chi connectivity index (χ0n) is 7.45. The van der Waals surface area contributed by atoms with Crippen LogP contribution in [0.25, 0.3) is 0 Å². The van der Waals surface area contributed by atoms with Gasteiger partial charge < -0.3 is 9.95 Å². The molecule has 1 fully saturated rings. The Hall–Kier alpha value is -1.36. The van der Waals surface area contributed by atoms with Crippen molar-refractivity contribution in [1.82, 2.24) is 10.6 Å². The van der Waals surface area contributed by atoms with Crippen LogP contribution < -0.4 is 11.3 Å². The minimum Gasteiger partial charge on any atom is -0.353 e. The first-order valence-corrected chi connectivity index (χ1v) is 4.27. The van der Waals surface area contributed by atoms with Gasteiger partial charge in [0.25, 0.3) is 0 Å². The number of nitrogens with two attached hydrogens (primary N) is 1. The average Bonchev–Trinajstić information content (AvgIpc) is 2.84. The SMILES string of the molecule is Cc1cc(C(=NC2CC2)NN)on1. The third kappa shape index (κ3) is 1.86. The molecule has 0 bridgehead atoms. The van der Waals surface area contributed by atoms with Crippen LogP contribution in [0.4, 0.5) is 0 Å². The van der Waals surface area contributed by atoms with Crippen molar-refractivity contribution in [3.05, 3.63) is 17.5 Å². The van der Waals surface area contributed by atoms with Crippen molar-refractivity contribution in [2.75, 3.05) is 0 Å². The molecule has 0 atom stereocenters. The van der Waals surface area contributed by atoms with Crippen molar-refractivity contribution in [2.24, 2.45) is 10.8 Å². The van der Waals surface area contributed by atoms with Crippen molar-refractivity contribution >= 4 is 5.84 Å². The monoisotopic (exact) mass is 180 g/mol. The number of hydrogen-bond donors (Lipinski definition) is 2. The summed E-state index contributed by atoms with van der Waals surface area (Å²) in [6.45, 7) is 1.86. The van der Waals surface area contributed by atoms with Crippen molar-refractivity contribution < 1.29 is 4.52 Å². The first-order valence-electron chi connectivity index (χ1n) is 4.27. The van der Waals surface area contributed by atoms with Crippen LogP contribution in [0.2, 0.25) is 0 Å². The third-order valence-corrected chi connectivity index (χ3v) is 1.86. The summed E-state index contributed by atoms with van der Waals surface area (Å²) < 4.78 is 5.02. The number of nitrogens with one attached hydrogen (secondary N) is 1. The highest BCUT2D eigenvalue weighted by molar-refractivity contribution is 5.96. The van der Waals surface area contributed by atoms with Crippen LogP contribution in [-0.2, 0) is 0 Å². The van der Waals surface area contributed by atoms with Crippen molar-refractivity contribution in [1.29, 1.82) is 0 Å². The van der Waals surface area contributed by atoms with Gasteiger partial charge in [-0.15, -0.1) is 0 Å². The highest BCUT2D eigenvalue weighted by Gasteiger charge is 2.22. The van der Waals surface area contributed by atoms with E-state index in [1.807, 2.05) is 6.92 Å². The molecule has 5 heteroatoms. The van der Waals surface area contributed by atoms with E-state index in [1.54, 1.807) is 6.07 Å². The van der Waals surface area contributed by atoms with Gasteiger partial charge in [0.05, 0.1) is 11.7 Å². The van der Waals surface area contributed by atoms with E-state index in [1.165, 1.54) is 0 Å². The van der Waals surface area contributed by atoms with Gasteiger partial charge in [0.1, 0.15) is 0 Å². The molecule has 0 saturated heterocycles. The minimum atomic E-state index is 0.413. The van der Waals surface area contributed by atoms with Gasteiger partial charge in [-0.25, -0.2) is 5.84 Å². The predicted molar refractivity (Wildman–Crippen MR) is 48.1 cm³/mol. The topological polar surface area (TPSA) is 76.4 Å². The summed E-state index contributed by atoms with van der Waals surface area (Å²) in [4.78, 5) is 4.34. The summed E-state index contributed by atoms with van der Waals surface area (Å²) in [5.41, 5.74) is 3.35. The minimum absolute atomic E-state index is 0.413. The predicted octanol–water partition coefficient (Wildman–Crippen LogP) is 0.355. The Kier molecular flexibility index (Phi) is 2.02. The fraction of sp³-hybridized carbons (Fsp3) is 0.500. The van der Waals surface area contributed by atoms with E-state index in [-0.39, 0.29) is 0 Å². The average molecular weight is 180 g/mol. The number of aromatic nitrogens is 1. The summed E-state index contributed by atoms with van der Waals surface area (Å²) in [5, 5.41) is 3.76. The Bertz CT molecular complexity index is 327. The van der Waals surface area contributed by atoms with Gasteiger partial charge in [-0.2, -0.15) is 0 Å². The third-order valence-electron chi connectivity index (χ3n) is 1.86. The number of rotatable bonds is 2. The maximum Gasteiger partial charge on any atom is 0.202 e. The molecule has 0 radical (unpaired) electrons. The number of aryl methyl sites for hydroxylation is 1. The maximum absolute atomic E-state index is 5.32. The Morgan fingerprint density at radius 3 is 3.00 bits per heavy atom. The summed E-state index contributed by atoms with van der Waals surface area (Å²) in [7, 11) is 0. The lowest BCUT2D eigenvalue weighted by atomic mass is 10.3. The second-order valence-electron chi connectivity index (χ2n) is 3.19. The van der Waals surface area contributed by atoms with Crippen LogP contribution >= 0.6 is 0 Å².